The minimum absolute atomic E-state index is 0.117. The van der Waals surface area contributed by atoms with E-state index in [1.54, 1.807) is 6.92 Å². The van der Waals surface area contributed by atoms with Crippen molar-refractivity contribution in [3.63, 3.8) is 0 Å². The Hall–Kier alpha value is -0.870. The van der Waals surface area contributed by atoms with Crippen LogP contribution >= 0.6 is 0 Å². The Bertz CT molecular complexity index is 392. The summed E-state index contributed by atoms with van der Waals surface area (Å²) in [5.74, 6) is -0.863. The van der Waals surface area contributed by atoms with Crippen LogP contribution in [0.4, 0.5) is 0 Å². The highest BCUT2D eigenvalue weighted by Gasteiger charge is 2.52. The lowest BCUT2D eigenvalue weighted by Gasteiger charge is -2.53. The quantitative estimate of drug-likeness (QED) is 0.667. The van der Waals surface area contributed by atoms with E-state index in [0.717, 1.165) is 24.8 Å². The summed E-state index contributed by atoms with van der Waals surface area (Å²) >= 11 is 0. The van der Waals surface area contributed by atoms with Crippen LogP contribution in [0.5, 0.6) is 0 Å². The van der Waals surface area contributed by atoms with Crippen molar-refractivity contribution in [2.45, 2.75) is 51.7 Å². The number of aliphatic hydroxyl groups is 2. The van der Waals surface area contributed by atoms with Gasteiger partial charge < -0.3 is 15.3 Å². The lowest BCUT2D eigenvalue weighted by atomic mass is 9.54. The summed E-state index contributed by atoms with van der Waals surface area (Å²) in [6.07, 6.45) is 1.25. The van der Waals surface area contributed by atoms with Gasteiger partial charge in [-0.3, -0.25) is 4.79 Å². The van der Waals surface area contributed by atoms with Crippen LogP contribution in [0.25, 0.3) is 0 Å². The molecule has 2 fully saturated rings. The summed E-state index contributed by atoms with van der Waals surface area (Å²) in [4.78, 5) is 11.1. The second-order valence-corrected chi connectivity index (χ2v) is 6.59. The van der Waals surface area contributed by atoms with E-state index in [1.807, 2.05) is 6.92 Å². The zero-order valence-corrected chi connectivity index (χ0v) is 11.7. The van der Waals surface area contributed by atoms with E-state index in [2.05, 4.69) is 6.58 Å². The first-order chi connectivity index (χ1) is 8.77. The fourth-order valence-electron chi connectivity index (χ4n) is 3.97. The van der Waals surface area contributed by atoms with Gasteiger partial charge in [0, 0.05) is 5.41 Å². The lowest BCUT2D eigenvalue weighted by molar-refractivity contribution is -0.147. The third-order valence-corrected chi connectivity index (χ3v) is 5.49. The molecule has 2 saturated carbocycles. The van der Waals surface area contributed by atoms with E-state index in [4.69, 9.17) is 5.11 Å². The van der Waals surface area contributed by atoms with Crippen LogP contribution in [-0.4, -0.2) is 33.5 Å². The molecule has 2 rings (SSSR count). The van der Waals surface area contributed by atoms with Gasteiger partial charge in [-0.05, 0) is 37.5 Å². The van der Waals surface area contributed by atoms with Crippen molar-refractivity contribution in [2.24, 2.45) is 23.2 Å². The van der Waals surface area contributed by atoms with Crippen molar-refractivity contribution in [3.05, 3.63) is 12.2 Å². The molecular weight excluding hydrogens is 244 g/mol. The zero-order valence-electron chi connectivity index (χ0n) is 11.7. The smallest absolute Gasteiger partial charge is 0.306 e. The van der Waals surface area contributed by atoms with Gasteiger partial charge in [-0.25, -0.2) is 0 Å². The molecule has 0 bridgehead atoms. The molecule has 0 spiro atoms. The van der Waals surface area contributed by atoms with Gasteiger partial charge in [0.1, 0.15) is 0 Å². The minimum atomic E-state index is -0.754. The standard InChI is InChI=1S/C15H24O4/c1-8-6-12(16)13(17)15(3)5-4-10(7-11(8)15)9(2)14(18)19/h9-13,16-17H,1,4-7H2,2-3H3,(H,18,19)/t9-,10+,11-,12-,13+,15+/m0/s1. The highest BCUT2D eigenvalue weighted by molar-refractivity contribution is 5.69. The van der Waals surface area contributed by atoms with Crippen molar-refractivity contribution < 1.29 is 20.1 Å². The Balaban J connectivity index is 2.20. The third kappa shape index (κ3) is 2.32. The first kappa shape index (κ1) is 14.5. The number of carboxylic acids is 1. The number of carboxylic acid groups (broad SMARTS) is 1. The molecule has 0 amide bonds. The highest BCUT2D eigenvalue weighted by atomic mass is 16.4. The average molecular weight is 268 g/mol. The monoisotopic (exact) mass is 268 g/mol. The number of aliphatic carboxylic acids is 1. The Morgan fingerprint density at radius 3 is 2.68 bits per heavy atom. The van der Waals surface area contributed by atoms with E-state index >= 15 is 0 Å². The first-order valence-electron chi connectivity index (χ1n) is 7.04. The largest absolute Gasteiger partial charge is 0.481 e. The van der Waals surface area contributed by atoms with Gasteiger partial charge in [0.05, 0.1) is 18.1 Å². The van der Waals surface area contributed by atoms with Crippen LogP contribution in [0, 0.1) is 23.2 Å². The summed E-state index contributed by atoms with van der Waals surface area (Å²) < 4.78 is 0. The predicted molar refractivity (Wildman–Crippen MR) is 71.5 cm³/mol. The molecule has 0 unspecified atom stereocenters. The summed E-state index contributed by atoms with van der Waals surface area (Å²) in [5.41, 5.74) is 0.603. The number of carbonyl (C=O) groups is 1. The maximum absolute atomic E-state index is 11.1. The molecule has 0 aromatic rings. The lowest BCUT2D eigenvalue weighted by Crippen LogP contribution is -2.54. The number of aliphatic hydroxyl groups excluding tert-OH is 2. The Kier molecular flexibility index (Phi) is 3.76. The second kappa shape index (κ2) is 4.91. The molecule has 0 aromatic carbocycles. The number of rotatable bonds is 2. The van der Waals surface area contributed by atoms with Gasteiger partial charge in [0.15, 0.2) is 0 Å². The fourth-order valence-corrected chi connectivity index (χ4v) is 3.97. The predicted octanol–water partition coefficient (Wildman–Crippen LogP) is 1.81. The fraction of sp³-hybridized carbons (Fsp3) is 0.800. The minimum Gasteiger partial charge on any atom is -0.481 e. The van der Waals surface area contributed by atoms with Crippen LogP contribution in [0.2, 0.25) is 0 Å². The van der Waals surface area contributed by atoms with Gasteiger partial charge in [-0.1, -0.05) is 26.0 Å². The van der Waals surface area contributed by atoms with E-state index in [0.29, 0.717) is 6.42 Å². The molecular formula is C15H24O4. The summed E-state index contributed by atoms with van der Waals surface area (Å²) in [6, 6.07) is 0. The van der Waals surface area contributed by atoms with Crippen LogP contribution in [0.15, 0.2) is 12.2 Å². The molecule has 2 aliphatic rings. The number of hydrogen-bond donors (Lipinski definition) is 3. The molecule has 0 saturated heterocycles. The molecule has 19 heavy (non-hydrogen) atoms. The van der Waals surface area contributed by atoms with Gasteiger partial charge in [0.2, 0.25) is 0 Å². The molecule has 0 aliphatic heterocycles. The first-order valence-corrected chi connectivity index (χ1v) is 7.04. The topological polar surface area (TPSA) is 77.8 Å². The SMILES string of the molecule is C=C1C[C@H](O)[C@@H](O)[C@]2(C)CC[C@@H]([C@H](C)C(=O)O)C[C@@H]12. The van der Waals surface area contributed by atoms with Crippen LogP contribution in [0.3, 0.4) is 0 Å². The van der Waals surface area contributed by atoms with Crippen LogP contribution in [0.1, 0.15) is 39.5 Å². The molecule has 4 nitrogen and oxygen atoms in total. The van der Waals surface area contributed by atoms with Crippen molar-refractivity contribution in [3.8, 4) is 0 Å². The van der Waals surface area contributed by atoms with Crippen molar-refractivity contribution in [1.29, 1.82) is 0 Å². The normalized spacial score (nSPS) is 44.5. The molecule has 3 N–H and O–H groups in total. The highest BCUT2D eigenvalue weighted by Crippen LogP contribution is 2.54. The Morgan fingerprint density at radius 1 is 1.47 bits per heavy atom. The van der Waals surface area contributed by atoms with Crippen LogP contribution in [-0.2, 0) is 4.79 Å². The van der Waals surface area contributed by atoms with Crippen molar-refractivity contribution in [2.75, 3.05) is 0 Å². The zero-order chi connectivity index (χ0) is 14.4. The van der Waals surface area contributed by atoms with Crippen molar-refractivity contribution >= 4 is 5.97 Å². The molecule has 108 valence electrons. The summed E-state index contributed by atoms with van der Waals surface area (Å²) in [5, 5.41) is 29.3. The van der Waals surface area contributed by atoms with Gasteiger partial charge >= 0.3 is 5.97 Å². The molecule has 6 atom stereocenters. The van der Waals surface area contributed by atoms with Gasteiger partial charge in [0.25, 0.3) is 0 Å². The average Bonchev–Trinajstić information content (AvgIpc) is 2.35. The van der Waals surface area contributed by atoms with E-state index < -0.39 is 18.2 Å². The molecule has 0 heterocycles. The van der Waals surface area contributed by atoms with E-state index in [9.17, 15) is 15.0 Å². The van der Waals surface area contributed by atoms with Gasteiger partial charge in [-0.15, -0.1) is 0 Å². The summed E-state index contributed by atoms with van der Waals surface area (Å²) in [7, 11) is 0. The third-order valence-electron chi connectivity index (χ3n) is 5.49. The molecule has 2 aliphatic carbocycles. The Morgan fingerprint density at radius 2 is 2.11 bits per heavy atom. The second-order valence-electron chi connectivity index (χ2n) is 6.59. The molecule has 0 aromatic heterocycles. The van der Waals surface area contributed by atoms with Crippen molar-refractivity contribution in [1.82, 2.24) is 0 Å². The molecule has 4 heteroatoms. The van der Waals surface area contributed by atoms with Gasteiger partial charge in [-0.2, -0.15) is 0 Å². The maximum Gasteiger partial charge on any atom is 0.306 e. The number of fused-ring (bicyclic) bond motifs is 1. The number of hydrogen-bond acceptors (Lipinski definition) is 3. The Labute approximate surface area is 114 Å². The van der Waals surface area contributed by atoms with E-state index in [-0.39, 0.29) is 23.2 Å². The van der Waals surface area contributed by atoms with Crippen LogP contribution < -0.4 is 0 Å². The molecule has 0 radical (unpaired) electrons. The van der Waals surface area contributed by atoms with E-state index in [1.165, 1.54) is 0 Å². The maximum atomic E-state index is 11.1. The summed E-state index contributed by atoms with van der Waals surface area (Å²) in [6.45, 7) is 7.80.